The lowest BCUT2D eigenvalue weighted by Crippen LogP contribution is -2.30. The summed E-state index contributed by atoms with van der Waals surface area (Å²) in [6.07, 6.45) is 9.93. The van der Waals surface area contributed by atoms with Crippen molar-refractivity contribution in [3.63, 3.8) is 0 Å². The molecule has 0 aliphatic heterocycles. The molecule has 134 valence electrons. The van der Waals surface area contributed by atoms with Crippen LogP contribution in [0, 0.1) is 5.92 Å². The highest BCUT2D eigenvalue weighted by Crippen LogP contribution is 2.26. The summed E-state index contributed by atoms with van der Waals surface area (Å²) in [7, 11) is 0. The van der Waals surface area contributed by atoms with Gasteiger partial charge in [-0.05, 0) is 52.9 Å². The Bertz CT molecular complexity index is 255. The van der Waals surface area contributed by atoms with E-state index < -0.39 is 0 Å². The second kappa shape index (κ2) is 11.5. The Morgan fingerprint density at radius 3 is 1.91 bits per heavy atom. The number of hydrogen-bond acceptors (Lipinski definition) is 2. The van der Waals surface area contributed by atoms with Gasteiger partial charge < -0.3 is 9.47 Å². The highest BCUT2D eigenvalue weighted by atomic mass is 16.5. The molecule has 1 unspecified atom stereocenters. The van der Waals surface area contributed by atoms with Gasteiger partial charge in [0.2, 0.25) is 0 Å². The van der Waals surface area contributed by atoms with Gasteiger partial charge in [-0.2, -0.15) is 0 Å². The van der Waals surface area contributed by atoms with Crippen LogP contribution in [0.2, 0.25) is 0 Å². The lowest BCUT2D eigenvalue weighted by molar-refractivity contribution is -0.0577. The Morgan fingerprint density at radius 1 is 0.773 bits per heavy atom. The first-order valence-corrected chi connectivity index (χ1v) is 9.46. The number of unbranched alkanes of at least 4 members (excludes halogenated alkanes) is 4. The van der Waals surface area contributed by atoms with Crippen LogP contribution in [0.5, 0.6) is 0 Å². The summed E-state index contributed by atoms with van der Waals surface area (Å²) in [5.41, 5.74) is 0.0889. The van der Waals surface area contributed by atoms with Gasteiger partial charge in [0.1, 0.15) is 0 Å². The first-order valence-electron chi connectivity index (χ1n) is 9.46. The summed E-state index contributed by atoms with van der Waals surface area (Å²) >= 11 is 0. The largest absolute Gasteiger partial charge is 0.376 e. The second-order valence-electron chi connectivity index (χ2n) is 8.38. The van der Waals surface area contributed by atoms with Crippen molar-refractivity contribution in [3.05, 3.63) is 0 Å². The van der Waals surface area contributed by atoms with Gasteiger partial charge >= 0.3 is 0 Å². The van der Waals surface area contributed by atoms with Crippen LogP contribution < -0.4 is 0 Å². The maximum absolute atomic E-state index is 6.24. The lowest BCUT2D eigenvalue weighted by Gasteiger charge is -2.31. The van der Waals surface area contributed by atoms with Crippen LogP contribution in [-0.2, 0) is 9.47 Å². The summed E-state index contributed by atoms with van der Waals surface area (Å²) in [5, 5.41) is 0. The summed E-state index contributed by atoms with van der Waals surface area (Å²) in [6, 6.07) is 0. The minimum absolute atomic E-state index is 0.00338. The predicted molar refractivity (Wildman–Crippen MR) is 97.5 cm³/mol. The van der Waals surface area contributed by atoms with Crippen LogP contribution >= 0.6 is 0 Å². The van der Waals surface area contributed by atoms with E-state index in [9.17, 15) is 0 Å². The van der Waals surface area contributed by atoms with Crippen molar-refractivity contribution in [2.45, 2.75) is 111 Å². The zero-order valence-corrected chi connectivity index (χ0v) is 16.5. The summed E-state index contributed by atoms with van der Waals surface area (Å²) in [5.74, 6) is 0.621. The van der Waals surface area contributed by atoms with Crippen molar-refractivity contribution in [1.29, 1.82) is 0 Å². The van der Waals surface area contributed by atoms with E-state index in [1.54, 1.807) is 0 Å². The third-order valence-electron chi connectivity index (χ3n) is 3.96. The van der Waals surface area contributed by atoms with Crippen molar-refractivity contribution in [2.24, 2.45) is 5.92 Å². The van der Waals surface area contributed by atoms with Crippen molar-refractivity contribution < 1.29 is 9.47 Å². The van der Waals surface area contributed by atoms with E-state index in [0.717, 1.165) is 13.2 Å². The predicted octanol–water partition coefficient (Wildman–Crippen LogP) is 6.37. The average Bonchev–Trinajstić information content (AvgIpc) is 2.41. The van der Waals surface area contributed by atoms with Crippen molar-refractivity contribution in [3.8, 4) is 0 Å². The monoisotopic (exact) mass is 314 g/mol. The van der Waals surface area contributed by atoms with Crippen LogP contribution in [0.25, 0.3) is 0 Å². The van der Waals surface area contributed by atoms with Crippen molar-refractivity contribution in [2.75, 3.05) is 13.2 Å². The molecule has 0 aromatic carbocycles. The van der Waals surface area contributed by atoms with Crippen molar-refractivity contribution in [1.82, 2.24) is 0 Å². The van der Waals surface area contributed by atoms with Gasteiger partial charge in [0, 0.05) is 13.2 Å². The smallest absolute Gasteiger partial charge is 0.0654 e. The molecule has 0 saturated heterocycles. The Morgan fingerprint density at radius 2 is 1.36 bits per heavy atom. The molecule has 0 aromatic rings. The zero-order chi connectivity index (χ0) is 17.1. The van der Waals surface area contributed by atoms with Crippen LogP contribution in [0.1, 0.15) is 99.8 Å². The number of hydrogen-bond donors (Lipinski definition) is 0. The minimum Gasteiger partial charge on any atom is -0.376 e. The molecular weight excluding hydrogens is 272 g/mol. The molecule has 0 fully saturated rings. The van der Waals surface area contributed by atoms with Gasteiger partial charge in [-0.1, -0.05) is 52.9 Å². The topological polar surface area (TPSA) is 18.5 Å². The second-order valence-corrected chi connectivity index (χ2v) is 8.38. The molecule has 0 radical (unpaired) electrons. The Labute approximate surface area is 140 Å². The van der Waals surface area contributed by atoms with Crippen LogP contribution in [0.3, 0.4) is 0 Å². The molecule has 0 aromatic heterocycles. The summed E-state index contributed by atoms with van der Waals surface area (Å²) in [4.78, 5) is 0. The molecule has 0 spiro atoms. The number of ether oxygens (including phenoxy) is 2. The molecule has 22 heavy (non-hydrogen) atoms. The van der Waals surface area contributed by atoms with Gasteiger partial charge in [-0.3, -0.25) is 0 Å². The Hall–Kier alpha value is -0.0800. The van der Waals surface area contributed by atoms with Gasteiger partial charge in [0.05, 0.1) is 11.2 Å². The lowest BCUT2D eigenvalue weighted by atomic mass is 9.92. The molecule has 0 N–H and O–H groups in total. The molecule has 0 saturated carbocycles. The Kier molecular flexibility index (Phi) is 11.4. The van der Waals surface area contributed by atoms with E-state index in [1.165, 1.54) is 51.4 Å². The minimum atomic E-state index is 0.00338. The highest BCUT2D eigenvalue weighted by molar-refractivity contribution is 4.75. The molecule has 0 aliphatic carbocycles. The summed E-state index contributed by atoms with van der Waals surface area (Å²) in [6.45, 7) is 17.2. The third-order valence-corrected chi connectivity index (χ3v) is 3.96. The molecule has 0 amide bonds. The Balaban J connectivity index is 3.87. The highest BCUT2D eigenvalue weighted by Gasteiger charge is 2.24. The van der Waals surface area contributed by atoms with Gasteiger partial charge in [0.15, 0.2) is 0 Å². The molecule has 0 aliphatic rings. The zero-order valence-electron chi connectivity index (χ0n) is 16.5. The first-order chi connectivity index (χ1) is 10.2. The van der Waals surface area contributed by atoms with Crippen LogP contribution in [0.4, 0.5) is 0 Å². The molecule has 2 heteroatoms. The van der Waals surface area contributed by atoms with E-state index in [-0.39, 0.29) is 11.2 Å². The van der Waals surface area contributed by atoms with Gasteiger partial charge in [-0.25, -0.2) is 0 Å². The first kappa shape index (κ1) is 21.9. The van der Waals surface area contributed by atoms with E-state index in [1.807, 2.05) is 0 Å². The standard InChI is InChI=1S/C20H42O2/c1-8-9-14-20(7,22-17-18(2)3)15-12-10-11-13-16-21-19(4,5)6/h18H,8-17H2,1-7H3. The quantitative estimate of drug-likeness (QED) is 0.367. The molecule has 0 rings (SSSR count). The van der Waals surface area contributed by atoms with E-state index in [2.05, 4.69) is 48.5 Å². The van der Waals surface area contributed by atoms with Crippen LogP contribution in [0.15, 0.2) is 0 Å². The average molecular weight is 315 g/mol. The van der Waals surface area contributed by atoms with E-state index in [4.69, 9.17) is 9.47 Å². The van der Waals surface area contributed by atoms with E-state index >= 15 is 0 Å². The molecular formula is C20H42O2. The molecule has 1 atom stereocenters. The SMILES string of the molecule is CCCCC(C)(CCCCCCOC(C)(C)C)OCC(C)C. The molecule has 2 nitrogen and oxygen atoms in total. The summed E-state index contributed by atoms with van der Waals surface area (Å²) < 4.78 is 12.0. The van der Waals surface area contributed by atoms with Gasteiger partial charge in [0.25, 0.3) is 0 Å². The molecule has 0 bridgehead atoms. The fourth-order valence-corrected chi connectivity index (χ4v) is 2.52. The van der Waals surface area contributed by atoms with Gasteiger partial charge in [-0.15, -0.1) is 0 Å². The molecule has 0 heterocycles. The van der Waals surface area contributed by atoms with Crippen LogP contribution in [-0.4, -0.2) is 24.4 Å². The maximum atomic E-state index is 6.24. The fourth-order valence-electron chi connectivity index (χ4n) is 2.52. The third kappa shape index (κ3) is 13.6. The van der Waals surface area contributed by atoms with E-state index in [0.29, 0.717) is 5.92 Å². The number of rotatable bonds is 13. The fraction of sp³-hybridized carbons (Fsp3) is 1.00. The van der Waals surface area contributed by atoms with Crippen molar-refractivity contribution >= 4 is 0 Å². The maximum Gasteiger partial charge on any atom is 0.0654 e. The normalized spacial score (nSPS) is 15.3.